The van der Waals surface area contributed by atoms with E-state index >= 15 is 0 Å². The summed E-state index contributed by atoms with van der Waals surface area (Å²) in [4.78, 5) is 0. The van der Waals surface area contributed by atoms with E-state index in [0.29, 0.717) is 6.54 Å². The topological polar surface area (TPSA) is 32.3 Å². The van der Waals surface area contributed by atoms with Gasteiger partial charge in [0.25, 0.3) is 0 Å². The molecule has 0 spiro atoms. The maximum atomic E-state index is 13.2. The molecule has 1 aromatic rings. The van der Waals surface area contributed by atoms with E-state index in [2.05, 4.69) is 5.32 Å². The van der Waals surface area contributed by atoms with Crippen molar-refractivity contribution in [2.75, 3.05) is 13.2 Å². The van der Waals surface area contributed by atoms with Crippen LogP contribution in [0.1, 0.15) is 31.2 Å². The number of nitrogens with one attached hydrogen (secondary N) is 1. The van der Waals surface area contributed by atoms with Crippen LogP contribution in [0.3, 0.4) is 0 Å². The summed E-state index contributed by atoms with van der Waals surface area (Å²) in [6.45, 7) is 1.62. The molecule has 4 heteroatoms. The van der Waals surface area contributed by atoms with Crippen molar-refractivity contribution in [2.45, 2.75) is 32.2 Å². The number of hydrogen-bond acceptors (Lipinski definition) is 2. The Labute approximate surface area is 112 Å². The van der Waals surface area contributed by atoms with Gasteiger partial charge < -0.3 is 10.4 Å². The maximum absolute atomic E-state index is 13.2. The number of aliphatic hydroxyl groups is 1. The second-order valence-electron chi connectivity index (χ2n) is 5.22. The molecule has 0 aromatic heterocycles. The fraction of sp³-hybridized carbons (Fsp3) is 0.571. The van der Waals surface area contributed by atoms with Gasteiger partial charge in [-0.2, -0.15) is 0 Å². The van der Waals surface area contributed by atoms with Crippen molar-refractivity contribution in [1.29, 1.82) is 0 Å². The molecule has 1 aromatic carbocycles. The monoisotopic (exact) mass is 271 g/mol. The van der Waals surface area contributed by atoms with Gasteiger partial charge in [-0.15, -0.1) is 0 Å². The van der Waals surface area contributed by atoms with Gasteiger partial charge in [-0.3, -0.25) is 0 Å². The molecule has 0 radical (unpaired) electrons. The molecular weight excluding hydrogens is 253 g/mol. The normalized spacial score (nSPS) is 18.2. The average molecular weight is 272 g/mol. The summed E-state index contributed by atoms with van der Waals surface area (Å²) in [5.41, 5.74) is 0.910. The third kappa shape index (κ3) is 3.22. The van der Waals surface area contributed by atoms with E-state index in [-0.39, 0.29) is 22.9 Å². The highest BCUT2D eigenvalue weighted by molar-refractivity contribution is 6.30. The maximum Gasteiger partial charge on any atom is 0.142 e. The third-order valence-corrected chi connectivity index (χ3v) is 4.12. The van der Waals surface area contributed by atoms with Crippen molar-refractivity contribution < 1.29 is 9.50 Å². The number of hydrogen-bond donors (Lipinski definition) is 2. The highest BCUT2D eigenvalue weighted by Gasteiger charge is 2.32. The first-order valence-corrected chi connectivity index (χ1v) is 6.79. The molecule has 18 heavy (non-hydrogen) atoms. The van der Waals surface area contributed by atoms with Crippen LogP contribution in [0.2, 0.25) is 5.02 Å². The standard InChI is InChI=1S/C14H19ClFNO/c15-12-4-3-11(7-13(12)16)8-17-9-14(10-18)5-1-2-6-14/h3-4,7,17-18H,1-2,5-6,8-10H2. The Hall–Kier alpha value is -0.640. The largest absolute Gasteiger partial charge is 0.396 e. The highest BCUT2D eigenvalue weighted by atomic mass is 35.5. The molecule has 0 unspecified atom stereocenters. The van der Waals surface area contributed by atoms with Gasteiger partial charge in [0, 0.05) is 25.1 Å². The Bertz CT molecular complexity index is 405. The lowest BCUT2D eigenvalue weighted by molar-refractivity contribution is 0.128. The zero-order chi connectivity index (χ0) is 13.0. The Balaban J connectivity index is 1.86. The fourth-order valence-corrected chi connectivity index (χ4v) is 2.75. The zero-order valence-electron chi connectivity index (χ0n) is 10.4. The number of rotatable bonds is 5. The number of halogens is 2. The molecule has 0 aliphatic heterocycles. The van der Waals surface area contributed by atoms with Crippen LogP contribution < -0.4 is 5.32 Å². The minimum Gasteiger partial charge on any atom is -0.396 e. The molecule has 2 N–H and O–H groups in total. The van der Waals surface area contributed by atoms with Crippen molar-refractivity contribution in [3.8, 4) is 0 Å². The Kier molecular flexibility index (Phi) is 4.60. The zero-order valence-corrected chi connectivity index (χ0v) is 11.1. The summed E-state index contributed by atoms with van der Waals surface area (Å²) in [6, 6.07) is 4.85. The Morgan fingerprint density at radius 1 is 1.33 bits per heavy atom. The van der Waals surface area contributed by atoms with Gasteiger partial charge >= 0.3 is 0 Å². The smallest absolute Gasteiger partial charge is 0.142 e. The highest BCUT2D eigenvalue weighted by Crippen LogP contribution is 2.36. The summed E-state index contributed by atoms with van der Waals surface area (Å²) in [5, 5.41) is 12.9. The average Bonchev–Trinajstić information content (AvgIpc) is 2.83. The summed E-state index contributed by atoms with van der Waals surface area (Å²) in [5.74, 6) is -0.381. The molecule has 100 valence electrons. The van der Waals surface area contributed by atoms with Gasteiger partial charge in [0.1, 0.15) is 5.82 Å². The van der Waals surface area contributed by atoms with E-state index in [1.807, 2.05) is 6.07 Å². The molecule has 0 heterocycles. The van der Waals surface area contributed by atoms with E-state index in [1.165, 1.54) is 18.9 Å². The Morgan fingerprint density at radius 3 is 2.67 bits per heavy atom. The van der Waals surface area contributed by atoms with E-state index < -0.39 is 0 Å². The first-order chi connectivity index (χ1) is 8.65. The molecule has 1 saturated carbocycles. The van der Waals surface area contributed by atoms with E-state index in [4.69, 9.17) is 11.6 Å². The molecule has 1 aliphatic carbocycles. The van der Waals surface area contributed by atoms with E-state index in [9.17, 15) is 9.50 Å². The van der Waals surface area contributed by atoms with Gasteiger partial charge in [0.05, 0.1) is 5.02 Å². The minimum absolute atomic E-state index is 0.0327. The van der Waals surface area contributed by atoms with E-state index in [0.717, 1.165) is 24.9 Å². The summed E-state index contributed by atoms with van der Waals surface area (Å²) >= 11 is 5.63. The molecule has 0 amide bonds. The van der Waals surface area contributed by atoms with Gasteiger partial charge in [0.2, 0.25) is 0 Å². The van der Waals surface area contributed by atoms with Crippen LogP contribution in [0.15, 0.2) is 18.2 Å². The second kappa shape index (κ2) is 6.00. The molecule has 1 fully saturated rings. The molecule has 2 rings (SSSR count). The lowest BCUT2D eigenvalue weighted by Gasteiger charge is -2.26. The van der Waals surface area contributed by atoms with Crippen LogP contribution in [0.25, 0.3) is 0 Å². The lowest BCUT2D eigenvalue weighted by Crippen LogP contribution is -2.34. The van der Waals surface area contributed by atoms with Crippen LogP contribution in [0.5, 0.6) is 0 Å². The number of benzene rings is 1. The van der Waals surface area contributed by atoms with Crippen LogP contribution in [0.4, 0.5) is 4.39 Å². The van der Waals surface area contributed by atoms with Crippen molar-refractivity contribution in [3.63, 3.8) is 0 Å². The van der Waals surface area contributed by atoms with Gasteiger partial charge in [0.15, 0.2) is 0 Å². The third-order valence-electron chi connectivity index (χ3n) is 3.81. The van der Waals surface area contributed by atoms with Gasteiger partial charge in [-0.25, -0.2) is 4.39 Å². The van der Waals surface area contributed by atoms with Crippen molar-refractivity contribution in [2.24, 2.45) is 5.41 Å². The number of aliphatic hydroxyl groups excluding tert-OH is 1. The molecule has 0 bridgehead atoms. The van der Waals surface area contributed by atoms with Crippen molar-refractivity contribution >= 4 is 11.6 Å². The van der Waals surface area contributed by atoms with Gasteiger partial charge in [-0.05, 0) is 30.5 Å². The van der Waals surface area contributed by atoms with Crippen molar-refractivity contribution in [1.82, 2.24) is 5.32 Å². The first-order valence-electron chi connectivity index (χ1n) is 6.41. The molecule has 1 aliphatic rings. The van der Waals surface area contributed by atoms with Crippen molar-refractivity contribution in [3.05, 3.63) is 34.6 Å². The second-order valence-corrected chi connectivity index (χ2v) is 5.62. The minimum atomic E-state index is -0.381. The summed E-state index contributed by atoms with van der Waals surface area (Å²) in [7, 11) is 0. The lowest BCUT2D eigenvalue weighted by atomic mass is 9.87. The van der Waals surface area contributed by atoms with Crippen LogP contribution >= 0.6 is 11.6 Å². The first kappa shape index (κ1) is 13.8. The van der Waals surface area contributed by atoms with Gasteiger partial charge in [-0.1, -0.05) is 30.5 Å². The van der Waals surface area contributed by atoms with Crippen LogP contribution in [-0.4, -0.2) is 18.3 Å². The molecule has 0 atom stereocenters. The molecule has 0 saturated heterocycles. The Morgan fingerprint density at radius 2 is 2.06 bits per heavy atom. The predicted octanol–water partition coefficient (Wildman–Crippen LogP) is 3.12. The van der Waals surface area contributed by atoms with E-state index in [1.54, 1.807) is 6.07 Å². The van der Waals surface area contributed by atoms with Crippen LogP contribution in [-0.2, 0) is 6.54 Å². The van der Waals surface area contributed by atoms with Crippen LogP contribution in [0, 0.1) is 11.2 Å². The quantitative estimate of drug-likeness (QED) is 0.862. The molecular formula is C14H19ClFNO. The fourth-order valence-electron chi connectivity index (χ4n) is 2.64. The predicted molar refractivity (Wildman–Crippen MR) is 71.1 cm³/mol. The molecule has 2 nitrogen and oxygen atoms in total. The summed E-state index contributed by atoms with van der Waals surface area (Å²) in [6.07, 6.45) is 4.53. The SMILES string of the molecule is OCC1(CNCc2ccc(Cl)c(F)c2)CCCC1. The summed E-state index contributed by atoms with van der Waals surface area (Å²) < 4.78 is 13.2.